The molecular weight excluding hydrogens is 265 g/mol. The monoisotopic (exact) mass is 279 g/mol. The summed E-state index contributed by atoms with van der Waals surface area (Å²) in [7, 11) is 0. The third-order valence-electron chi connectivity index (χ3n) is 2.75. The maximum Gasteiger partial charge on any atom is 0.127 e. The van der Waals surface area contributed by atoms with Gasteiger partial charge >= 0.3 is 0 Å². The summed E-state index contributed by atoms with van der Waals surface area (Å²) in [4.78, 5) is 0. The second-order valence-electron chi connectivity index (χ2n) is 4.39. The van der Waals surface area contributed by atoms with E-state index in [0.29, 0.717) is 17.4 Å². The smallest absolute Gasteiger partial charge is 0.127 e. The highest BCUT2D eigenvalue weighted by atomic mass is 35.5. The van der Waals surface area contributed by atoms with Gasteiger partial charge in [-0.15, -0.1) is 0 Å². The van der Waals surface area contributed by atoms with Gasteiger partial charge < -0.3 is 10.5 Å². The lowest BCUT2D eigenvalue weighted by atomic mass is 10.1. The predicted octanol–water partition coefficient (Wildman–Crippen LogP) is 4.08. The van der Waals surface area contributed by atoms with Crippen LogP contribution < -0.4 is 10.5 Å². The molecule has 0 aliphatic rings. The summed E-state index contributed by atoms with van der Waals surface area (Å²) in [6, 6.07) is 11.5. The van der Waals surface area contributed by atoms with Crippen LogP contribution >= 0.6 is 11.6 Å². The number of rotatable bonds is 4. The Morgan fingerprint density at radius 2 is 2.05 bits per heavy atom. The van der Waals surface area contributed by atoms with Gasteiger partial charge in [-0.1, -0.05) is 29.8 Å². The maximum atomic E-state index is 13.3. The van der Waals surface area contributed by atoms with Crippen LogP contribution in [0.5, 0.6) is 5.75 Å². The van der Waals surface area contributed by atoms with Crippen molar-refractivity contribution in [3.63, 3.8) is 0 Å². The van der Waals surface area contributed by atoms with E-state index in [4.69, 9.17) is 22.1 Å². The van der Waals surface area contributed by atoms with E-state index in [9.17, 15) is 4.39 Å². The van der Waals surface area contributed by atoms with Crippen molar-refractivity contribution in [2.45, 2.75) is 19.6 Å². The Labute approximate surface area is 117 Å². The van der Waals surface area contributed by atoms with E-state index in [1.165, 1.54) is 12.1 Å². The minimum absolute atomic E-state index is 0.213. The lowest BCUT2D eigenvalue weighted by molar-refractivity contribution is 0.300. The van der Waals surface area contributed by atoms with Crippen molar-refractivity contribution in [3.05, 3.63) is 64.4 Å². The first-order valence-corrected chi connectivity index (χ1v) is 6.36. The quantitative estimate of drug-likeness (QED) is 0.915. The predicted molar refractivity (Wildman–Crippen MR) is 74.8 cm³/mol. The lowest BCUT2D eigenvalue weighted by Gasteiger charge is -2.14. The van der Waals surface area contributed by atoms with Crippen molar-refractivity contribution >= 4 is 11.6 Å². The minimum Gasteiger partial charge on any atom is -0.488 e. The molecule has 0 amide bonds. The van der Waals surface area contributed by atoms with Crippen LogP contribution in [0.2, 0.25) is 5.02 Å². The highest BCUT2D eigenvalue weighted by Gasteiger charge is 2.09. The number of nitrogens with two attached hydrogens (primary N) is 1. The van der Waals surface area contributed by atoms with Crippen LogP contribution in [-0.2, 0) is 6.61 Å². The Bertz CT molecular complexity index is 572. The molecule has 0 bridgehead atoms. The normalized spacial score (nSPS) is 12.2. The van der Waals surface area contributed by atoms with Gasteiger partial charge in [0, 0.05) is 22.7 Å². The van der Waals surface area contributed by atoms with Gasteiger partial charge in [0.05, 0.1) is 0 Å². The molecule has 19 heavy (non-hydrogen) atoms. The van der Waals surface area contributed by atoms with E-state index < -0.39 is 0 Å². The van der Waals surface area contributed by atoms with E-state index in [-0.39, 0.29) is 11.9 Å². The third kappa shape index (κ3) is 3.69. The molecule has 4 heteroatoms. The zero-order valence-corrected chi connectivity index (χ0v) is 11.3. The largest absolute Gasteiger partial charge is 0.488 e. The highest BCUT2D eigenvalue weighted by molar-refractivity contribution is 6.30. The fraction of sp³-hybridized carbons (Fsp3) is 0.200. The van der Waals surface area contributed by atoms with Crippen LogP contribution in [0.4, 0.5) is 4.39 Å². The first-order valence-electron chi connectivity index (χ1n) is 5.98. The highest BCUT2D eigenvalue weighted by Crippen LogP contribution is 2.26. The zero-order valence-electron chi connectivity index (χ0n) is 10.6. The molecular formula is C15H15ClFNO. The van der Waals surface area contributed by atoms with Gasteiger partial charge in [-0.25, -0.2) is 4.39 Å². The van der Waals surface area contributed by atoms with Crippen molar-refractivity contribution in [2.75, 3.05) is 0 Å². The average Bonchev–Trinajstić information content (AvgIpc) is 2.36. The summed E-state index contributed by atoms with van der Waals surface area (Å²) >= 11 is 5.90. The first kappa shape index (κ1) is 13.8. The molecule has 0 saturated carbocycles. The molecule has 2 rings (SSSR count). The van der Waals surface area contributed by atoms with Gasteiger partial charge in [-0.2, -0.15) is 0 Å². The van der Waals surface area contributed by atoms with E-state index >= 15 is 0 Å². The van der Waals surface area contributed by atoms with Gasteiger partial charge in [0.15, 0.2) is 0 Å². The number of hydrogen-bond donors (Lipinski definition) is 1. The Balaban J connectivity index is 2.17. The fourth-order valence-electron chi connectivity index (χ4n) is 1.80. The van der Waals surface area contributed by atoms with Crippen molar-refractivity contribution < 1.29 is 9.13 Å². The number of halogens is 2. The topological polar surface area (TPSA) is 35.2 Å². The number of ether oxygens (including phenoxy) is 1. The average molecular weight is 280 g/mol. The second kappa shape index (κ2) is 6.04. The van der Waals surface area contributed by atoms with Gasteiger partial charge in [0.2, 0.25) is 0 Å². The van der Waals surface area contributed by atoms with E-state index in [0.717, 1.165) is 11.1 Å². The van der Waals surface area contributed by atoms with Crippen LogP contribution in [0.3, 0.4) is 0 Å². The van der Waals surface area contributed by atoms with Crippen LogP contribution in [-0.4, -0.2) is 0 Å². The lowest BCUT2D eigenvalue weighted by Crippen LogP contribution is -2.08. The Hall–Kier alpha value is -1.58. The standard InChI is InChI=1S/C15H15ClFNO/c1-10(18)14-6-5-13(17)8-15(14)19-9-11-3-2-4-12(16)7-11/h2-8,10H,9,18H2,1H3/t10-/m1/s1. The molecule has 0 fully saturated rings. The number of benzene rings is 2. The van der Waals surface area contributed by atoms with Crippen LogP contribution in [0, 0.1) is 5.82 Å². The third-order valence-corrected chi connectivity index (χ3v) is 2.98. The molecule has 100 valence electrons. The summed E-state index contributed by atoms with van der Waals surface area (Å²) in [5.41, 5.74) is 7.54. The molecule has 0 saturated heterocycles. The molecule has 0 unspecified atom stereocenters. The summed E-state index contributed by atoms with van der Waals surface area (Å²) in [6.45, 7) is 2.16. The van der Waals surface area contributed by atoms with Crippen molar-refractivity contribution in [1.82, 2.24) is 0 Å². The van der Waals surface area contributed by atoms with E-state index in [1.54, 1.807) is 12.1 Å². The van der Waals surface area contributed by atoms with Crippen molar-refractivity contribution in [2.24, 2.45) is 5.73 Å². The van der Waals surface area contributed by atoms with Crippen molar-refractivity contribution in [3.8, 4) is 5.75 Å². The molecule has 0 heterocycles. The Kier molecular flexibility index (Phi) is 4.40. The van der Waals surface area contributed by atoms with Crippen LogP contribution in [0.25, 0.3) is 0 Å². The molecule has 0 aliphatic carbocycles. The Morgan fingerprint density at radius 1 is 1.26 bits per heavy atom. The Morgan fingerprint density at radius 3 is 2.74 bits per heavy atom. The molecule has 0 spiro atoms. The second-order valence-corrected chi connectivity index (χ2v) is 4.83. The van der Waals surface area contributed by atoms with Gasteiger partial charge in [-0.05, 0) is 30.7 Å². The molecule has 2 N–H and O–H groups in total. The van der Waals surface area contributed by atoms with Gasteiger partial charge in [0.1, 0.15) is 18.2 Å². The molecule has 0 radical (unpaired) electrons. The van der Waals surface area contributed by atoms with Gasteiger partial charge in [-0.3, -0.25) is 0 Å². The summed E-state index contributed by atoms with van der Waals surface area (Å²) in [5.74, 6) is 0.125. The summed E-state index contributed by atoms with van der Waals surface area (Å²) in [6.07, 6.45) is 0. The van der Waals surface area contributed by atoms with E-state index in [2.05, 4.69) is 0 Å². The SMILES string of the molecule is C[C@@H](N)c1ccc(F)cc1OCc1cccc(Cl)c1. The van der Waals surface area contributed by atoms with Crippen LogP contribution in [0.15, 0.2) is 42.5 Å². The van der Waals surface area contributed by atoms with Crippen LogP contribution in [0.1, 0.15) is 24.1 Å². The maximum absolute atomic E-state index is 13.3. The summed E-state index contributed by atoms with van der Waals surface area (Å²) in [5, 5.41) is 0.646. The number of hydrogen-bond acceptors (Lipinski definition) is 2. The molecule has 2 aromatic carbocycles. The van der Waals surface area contributed by atoms with Gasteiger partial charge in [0.25, 0.3) is 0 Å². The van der Waals surface area contributed by atoms with Crippen molar-refractivity contribution in [1.29, 1.82) is 0 Å². The molecule has 1 atom stereocenters. The first-order chi connectivity index (χ1) is 9.06. The fourth-order valence-corrected chi connectivity index (χ4v) is 2.01. The minimum atomic E-state index is -0.342. The molecule has 0 aromatic heterocycles. The summed E-state index contributed by atoms with van der Waals surface area (Å²) < 4.78 is 18.9. The molecule has 0 aliphatic heterocycles. The molecule has 2 aromatic rings. The zero-order chi connectivity index (χ0) is 13.8. The van der Waals surface area contributed by atoms with E-state index in [1.807, 2.05) is 25.1 Å². The molecule has 2 nitrogen and oxygen atoms in total.